The normalized spacial score (nSPS) is 15.7. The summed E-state index contributed by atoms with van der Waals surface area (Å²) in [6.45, 7) is 5.99. The number of aliphatic imine (C=N–C) groups is 1. The highest BCUT2D eigenvalue weighted by Gasteiger charge is 2.12. The molecule has 0 atom stereocenters. The minimum absolute atomic E-state index is 0. The van der Waals surface area contributed by atoms with Gasteiger partial charge in [-0.25, -0.2) is 0 Å². The lowest BCUT2D eigenvalue weighted by Crippen LogP contribution is -2.44. The molecule has 0 spiro atoms. The predicted octanol–water partition coefficient (Wildman–Crippen LogP) is 2.29. The maximum atomic E-state index is 6.07. The maximum Gasteiger partial charge on any atom is 0.191 e. The van der Waals surface area contributed by atoms with Crippen LogP contribution in [0, 0.1) is 6.92 Å². The zero-order chi connectivity index (χ0) is 15.5. The molecular weight excluding hydrogens is 403 g/mol. The maximum absolute atomic E-state index is 6.07. The van der Waals surface area contributed by atoms with Gasteiger partial charge >= 0.3 is 0 Å². The molecule has 0 amide bonds. The number of morpholine rings is 1. The molecule has 0 radical (unpaired) electrons. The number of hydrogen-bond acceptors (Lipinski definition) is 2. The lowest BCUT2D eigenvalue weighted by Gasteiger charge is -2.27. The van der Waals surface area contributed by atoms with E-state index in [0.29, 0.717) is 5.96 Å². The Bertz CT molecular complexity index is 689. The van der Waals surface area contributed by atoms with Crippen molar-refractivity contribution in [2.75, 3.05) is 32.8 Å². The SMILES string of the molecule is Cc1ccc2c(CCN=C(N)N3CCOCC3)cn(C)c2c1.I. The van der Waals surface area contributed by atoms with E-state index in [9.17, 15) is 0 Å². The van der Waals surface area contributed by atoms with Gasteiger partial charge in [0.05, 0.1) is 13.2 Å². The molecule has 1 aromatic carbocycles. The van der Waals surface area contributed by atoms with Gasteiger partial charge in [-0.15, -0.1) is 24.0 Å². The summed E-state index contributed by atoms with van der Waals surface area (Å²) < 4.78 is 7.52. The number of aromatic nitrogens is 1. The fourth-order valence-electron chi connectivity index (χ4n) is 2.96. The number of rotatable bonds is 3. The van der Waals surface area contributed by atoms with Crippen molar-refractivity contribution in [2.24, 2.45) is 17.8 Å². The minimum atomic E-state index is 0. The molecule has 5 nitrogen and oxygen atoms in total. The van der Waals surface area contributed by atoms with E-state index in [1.54, 1.807) is 0 Å². The molecular formula is C17H25IN4O. The number of ether oxygens (including phenoxy) is 1. The summed E-state index contributed by atoms with van der Waals surface area (Å²) in [5.41, 5.74) is 9.96. The van der Waals surface area contributed by atoms with Crippen molar-refractivity contribution >= 4 is 40.8 Å². The third-order valence-corrected chi connectivity index (χ3v) is 4.22. The van der Waals surface area contributed by atoms with Gasteiger partial charge in [-0.05, 0) is 30.5 Å². The number of aryl methyl sites for hydroxylation is 2. The van der Waals surface area contributed by atoms with Gasteiger partial charge in [-0.3, -0.25) is 4.99 Å². The molecule has 2 aromatic rings. The van der Waals surface area contributed by atoms with Crippen LogP contribution in [0.15, 0.2) is 29.4 Å². The Morgan fingerprint density at radius 1 is 1.30 bits per heavy atom. The summed E-state index contributed by atoms with van der Waals surface area (Å²) in [4.78, 5) is 6.63. The van der Waals surface area contributed by atoms with Crippen LogP contribution < -0.4 is 5.73 Å². The van der Waals surface area contributed by atoms with Crippen molar-refractivity contribution in [1.82, 2.24) is 9.47 Å². The van der Waals surface area contributed by atoms with Crippen LogP contribution >= 0.6 is 24.0 Å². The molecule has 0 saturated carbocycles. The first-order valence-corrected chi connectivity index (χ1v) is 7.82. The third kappa shape index (κ3) is 4.17. The van der Waals surface area contributed by atoms with Crippen LogP contribution in [0.5, 0.6) is 0 Å². The molecule has 126 valence electrons. The second-order valence-corrected chi connectivity index (χ2v) is 5.88. The van der Waals surface area contributed by atoms with Crippen molar-refractivity contribution in [2.45, 2.75) is 13.3 Å². The van der Waals surface area contributed by atoms with E-state index in [0.717, 1.165) is 39.3 Å². The summed E-state index contributed by atoms with van der Waals surface area (Å²) in [5, 5.41) is 1.31. The molecule has 1 saturated heterocycles. The average molecular weight is 428 g/mol. The van der Waals surface area contributed by atoms with E-state index in [4.69, 9.17) is 10.5 Å². The largest absolute Gasteiger partial charge is 0.378 e. The van der Waals surface area contributed by atoms with E-state index in [1.807, 2.05) is 0 Å². The highest BCUT2D eigenvalue weighted by atomic mass is 127. The summed E-state index contributed by atoms with van der Waals surface area (Å²) in [6.07, 6.45) is 3.11. The molecule has 0 unspecified atom stereocenters. The summed E-state index contributed by atoms with van der Waals surface area (Å²) >= 11 is 0. The first-order valence-electron chi connectivity index (χ1n) is 7.82. The van der Waals surface area contributed by atoms with Gasteiger partial charge in [0.2, 0.25) is 0 Å². The number of nitrogens with two attached hydrogens (primary N) is 1. The van der Waals surface area contributed by atoms with Crippen LogP contribution in [-0.2, 0) is 18.2 Å². The van der Waals surface area contributed by atoms with E-state index in [1.165, 1.54) is 22.0 Å². The van der Waals surface area contributed by atoms with E-state index in [2.05, 4.69) is 52.8 Å². The molecule has 2 N–H and O–H groups in total. The third-order valence-electron chi connectivity index (χ3n) is 4.22. The van der Waals surface area contributed by atoms with Gasteiger partial charge < -0.3 is 19.9 Å². The predicted molar refractivity (Wildman–Crippen MR) is 106 cm³/mol. The second-order valence-electron chi connectivity index (χ2n) is 5.88. The highest BCUT2D eigenvalue weighted by molar-refractivity contribution is 14.0. The van der Waals surface area contributed by atoms with Crippen molar-refractivity contribution in [3.05, 3.63) is 35.5 Å². The van der Waals surface area contributed by atoms with Crippen LogP contribution in [0.2, 0.25) is 0 Å². The fraction of sp³-hybridized carbons (Fsp3) is 0.471. The van der Waals surface area contributed by atoms with Crippen LogP contribution in [0.1, 0.15) is 11.1 Å². The Labute approximate surface area is 154 Å². The number of guanidine groups is 1. The lowest BCUT2D eigenvalue weighted by molar-refractivity contribution is 0.0674. The van der Waals surface area contributed by atoms with Crippen molar-refractivity contribution < 1.29 is 4.74 Å². The number of nitrogens with zero attached hydrogens (tertiary/aromatic N) is 3. The molecule has 2 heterocycles. The van der Waals surface area contributed by atoms with Crippen molar-refractivity contribution in [3.8, 4) is 0 Å². The number of halogens is 1. The molecule has 1 aliphatic heterocycles. The topological polar surface area (TPSA) is 55.8 Å². The smallest absolute Gasteiger partial charge is 0.191 e. The number of fused-ring (bicyclic) bond motifs is 1. The number of benzene rings is 1. The Kier molecular flexibility index (Phi) is 6.29. The molecule has 1 aromatic heterocycles. The van der Waals surface area contributed by atoms with Gasteiger partial charge in [0.15, 0.2) is 5.96 Å². The highest BCUT2D eigenvalue weighted by Crippen LogP contribution is 2.22. The molecule has 0 bridgehead atoms. The Balaban J connectivity index is 0.00000192. The Morgan fingerprint density at radius 2 is 2.04 bits per heavy atom. The molecule has 1 aliphatic rings. The fourth-order valence-corrected chi connectivity index (χ4v) is 2.96. The van der Waals surface area contributed by atoms with E-state index < -0.39 is 0 Å². The lowest BCUT2D eigenvalue weighted by atomic mass is 10.1. The zero-order valence-corrected chi connectivity index (χ0v) is 16.1. The standard InChI is InChI=1S/C17H24N4O.HI/c1-13-3-4-15-14(12-20(2)16(15)11-13)5-6-19-17(18)21-7-9-22-10-8-21;/h3-4,11-12H,5-10H2,1-2H3,(H2,18,19);1H. The minimum Gasteiger partial charge on any atom is -0.378 e. The Hall–Kier alpha value is -1.28. The first kappa shape index (κ1) is 18.1. The summed E-state index contributed by atoms with van der Waals surface area (Å²) in [5.74, 6) is 0.638. The summed E-state index contributed by atoms with van der Waals surface area (Å²) in [6, 6.07) is 6.59. The van der Waals surface area contributed by atoms with Crippen LogP contribution in [0.3, 0.4) is 0 Å². The molecule has 3 rings (SSSR count). The Morgan fingerprint density at radius 3 is 2.78 bits per heavy atom. The average Bonchev–Trinajstić information content (AvgIpc) is 2.84. The molecule has 6 heteroatoms. The van der Waals surface area contributed by atoms with Gasteiger partial charge in [0.1, 0.15) is 0 Å². The zero-order valence-electron chi connectivity index (χ0n) is 13.8. The van der Waals surface area contributed by atoms with Crippen LogP contribution in [-0.4, -0.2) is 48.3 Å². The molecule has 23 heavy (non-hydrogen) atoms. The first-order chi connectivity index (χ1) is 10.6. The van der Waals surface area contributed by atoms with Crippen molar-refractivity contribution in [1.29, 1.82) is 0 Å². The summed E-state index contributed by atoms with van der Waals surface area (Å²) in [7, 11) is 2.09. The van der Waals surface area contributed by atoms with Gasteiger partial charge in [-0.1, -0.05) is 12.1 Å². The van der Waals surface area contributed by atoms with Crippen LogP contribution in [0.25, 0.3) is 10.9 Å². The van der Waals surface area contributed by atoms with Gasteiger partial charge in [0.25, 0.3) is 0 Å². The van der Waals surface area contributed by atoms with Gasteiger partial charge in [-0.2, -0.15) is 0 Å². The molecule has 1 fully saturated rings. The van der Waals surface area contributed by atoms with E-state index >= 15 is 0 Å². The van der Waals surface area contributed by atoms with Gasteiger partial charge in [0, 0.05) is 43.8 Å². The van der Waals surface area contributed by atoms with Crippen molar-refractivity contribution in [3.63, 3.8) is 0 Å². The molecule has 0 aliphatic carbocycles. The van der Waals surface area contributed by atoms with E-state index in [-0.39, 0.29) is 24.0 Å². The number of hydrogen-bond donors (Lipinski definition) is 1. The second kappa shape index (κ2) is 8.01. The monoisotopic (exact) mass is 428 g/mol. The van der Waals surface area contributed by atoms with Crippen LogP contribution in [0.4, 0.5) is 0 Å². The quantitative estimate of drug-likeness (QED) is 0.464.